The third kappa shape index (κ3) is 9.24. The van der Waals surface area contributed by atoms with Crippen LogP contribution in [0.2, 0.25) is 0 Å². The zero-order valence-electron chi connectivity index (χ0n) is 25.1. The summed E-state index contributed by atoms with van der Waals surface area (Å²) >= 11 is 0. The van der Waals surface area contributed by atoms with Crippen molar-refractivity contribution in [2.45, 2.75) is 167 Å². The second-order valence-corrected chi connectivity index (χ2v) is 13.1. The molecule has 2 saturated heterocycles. The van der Waals surface area contributed by atoms with E-state index in [-0.39, 0.29) is 48.5 Å². The Morgan fingerprint density at radius 2 is 1.68 bits per heavy atom. The first-order chi connectivity index (χ1) is 19.5. The maximum Gasteiger partial charge on any atom is 0.303 e. The van der Waals surface area contributed by atoms with Crippen LogP contribution in [0.4, 0.5) is 0 Å². The highest BCUT2D eigenvalue weighted by Gasteiger charge is 2.48. The van der Waals surface area contributed by atoms with Gasteiger partial charge in [0.2, 0.25) is 0 Å². The van der Waals surface area contributed by atoms with Crippen LogP contribution in [-0.4, -0.2) is 54.9 Å². The van der Waals surface area contributed by atoms with E-state index in [2.05, 4.69) is 6.92 Å². The van der Waals surface area contributed by atoms with E-state index in [4.69, 9.17) is 24.1 Å². The molecule has 4 aliphatic rings. The fourth-order valence-electron chi connectivity index (χ4n) is 7.67. The van der Waals surface area contributed by atoms with Gasteiger partial charge in [0.1, 0.15) is 5.78 Å². The topological polar surface area (TPSA) is 91.3 Å². The summed E-state index contributed by atoms with van der Waals surface area (Å²) < 4.78 is 25.3. The number of hydrogen-bond donors (Lipinski definition) is 1. The summed E-state index contributed by atoms with van der Waals surface area (Å²) in [4.78, 5) is 24.2. The molecule has 7 nitrogen and oxygen atoms in total. The van der Waals surface area contributed by atoms with E-state index in [9.17, 15) is 9.59 Å². The lowest BCUT2D eigenvalue weighted by molar-refractivity contribution is -0.228. The van der Waals surface area contributed by atoms with Crippen molar-refractivity contribution in [1.29, 1.82) is 0 Å². The number of unbranched alkanes of at least 4 members (excludes halogenated alkanes) is 4. The maximum absolute atomic E-state index is 13.4. The maximum atomic E-state index is 13.4. The van der Waals surface area contributed by atoms with Crippen LogP contribution >= 0.6 is 0 Å². The number of ketones is 1. The minimum absolute atomic E-state index is 0.0210. The molecule has 4 fully saturated rings. The molecule has 0 amide bonds. The molecule has 2 aliphatic heterocycles. The van der Waals surface area contributed by atoms with Crippen LogP contribution in [0.25, 0.3) is 0 Å². The number of rotatable bonds is 18. The quantitative estimate of drug-likeness (QED) is 0.172. The van der Waals surface area contributed by atoms with Crippen LogP contribution in [0.5, 0.6) is 0 Å². The Hall–Kier alpha value is -1.02. The van der Waals surface area contributed by atoms with E-state index in [1.165, 1.54) is 44.9 Å². The third-order valence-electron chi connectivity index (χ3n) is 10.2. The van der Waals surface area contributed by atoms with Gasteiger partial charge in [-0.2, -0.15) is 0 Å². The van der Waals surface area contributed by atoms with Gasteiger partial charge in [-0.1, -0.05) is 45.4 Å². The summed E-state index contributed by atoms with van der Waals surface area (Å²) in [7, 11) is 0. The van der Waals surface area contributed by atoms with Crippen LogP contribution in [0.3, 0.4) is 0 Å². The molecule has 0 radical (unpaired) electrons. The first-order valence-corrected chi connectivity index (χ1v) is 16.8. The lowest BCUT2D eigenvalue weighted by Gasteiger charge is -2.49. The molecule has 2 aliphatic carbocycles. The van der Waals surface area contributed by atoms with Crippen molar-refractivity contribution in [3.63, 3.8) is 0 Å². The number of carboxylic acids is 1. The van der Waals surface area contributed by atoms with E-state index in [1.54, 1.807) is 0 Å². The normalized spacial score (nSPS) is 31.1. The van der Waals surface area contributed by atoms with Gasteiger partial charge < -0.3 is 24.1 Å². The number of carbonyl (C=O) groups is 2. The van der Waals surface area contributed by atoms with Crippen LogP contribution in [0.15, 0.2) is 0 Å². The van der Waals surface area contributed by atoms with Crippen LogP contribution in [0, 0.1) is 17.3 Å². The van der Waals surface area contributed by atoms with Gasteiger partial charge in [-0.3, -0.25) is 9.59 Å². The molecule has 0 aromatic rings. The number of ether oxygens (including phenoxy) is 4. The van der Waals surface area contributed by atoms with Gasteiger partial charge in [0, 0.05) is 32.0 Å². The second-order valence-electron chi connectivity index (χ2n) is 13.1. The highest BCUT2D eigenvalue weighted by atomic mass is 16.7. The molecule has 2 heterocycles. The van der Waals surface area contributed by atoms with E-state index >= 15 is 0 Å². The van der Waals surface area contributed by atoms with Crippen molar-refractivity contribution in [3.8, 4) is 0 Å². The highest BCUT2D eigenvalue weighted by molar-refractivity contribution is 5.84. The van der Waals surface area contributed by atoms with Gasteiger partial charge in [0.15, 0.2) is 12.6 Å². The van der Waals surface area contributed by atoms with Crippen molar-refractivity contribution in [2.24, 2.45) is 17.3 Å². The lowest BCUT2D eigenvalue weighted by atomic mass is 9.61. The molecule has 40 heavy (non-hydrogen) atoms. The molecule has 6 atom stereocenters. The Bertz CT molecular complexity index is 754. The zero-order valence-corrected chi connectivity index (χ0v) is 25.1. The largest absolute Gasteiger partial charge is 0.481 e. The van der Waals surface area contributed by atoms with Crippen molar-refractivity contribution >= 4 is 11.8 Å². The first-order valence-electron chi connectivity index (χ1n) is 16.8. The summed E-state index contributed by atoms with van der Waals surface area (Å²) in [6.07, 6.45) is 20.7. The minimum Gasteiger partial charge on any atom is -0.481 e. The Morgan fingerprint density at radius 1 is 0.950 bits per heavy atom. The summed E-state index contributed by atoms with van der Waals surface area (Å²) in [6, 6.07) is 0. The molecule has 4 rings (SSSR count). The highest BCUT2D eigenvalue weighted by Crippen LogP contribution is 2.52. The molecule has 0 bridgehead atoms. The summed E-state index contributed by atoms with van der Waals surface area (Å²) in [6.45, 7) is 3.81. The monoisotopic (exact) mass is 564 g/mol. The second kappa shape index (κ2) is 16.6. The van der Waals surface area contributed by atoms with E-state index in [0.717, 1.165) is 83.8 Å². The van der Waals surface area contributed by atoms with Crippen molar-refractivity contribution in [2.75, 3.05) is 13.2 Å². The predicted octanol–water partition coefficient (Wildman–Crippen LogP) is 7.58. The van der Waals surface area contributed by atoms with Crippen LogP contribution in [0.1, 0.15) is 142 Å². The molecule has 0 aromatic carbocycles. The number of hydrogen-bond acceptors (Lipinski definition) is 6. The molecule has 1 N–H and O–H groups in total. The van der Waals surface area contributed by atoms with Gasteiger partial charge in [-0.25, -0.2) is 0 Å². The molecule has 2 unspecified atom stereocenters. The number of carboxylic acid groups (broad SMARTS) is 1. The molecule has 7 heteroatoms. The van der Waals surface area contributed by atoms with Crippen molar-refractivity contribution < 1.29 is 33.6 Å². The molecule has 2 saturated carbocycles. The van der Waals surface area contributed by atoms with Crippen LogP contribution in [-0.2, 0) is 28.5 Å². The van der Waals surface area contributed by atoms with Crippen molar-refractivity contribution in [3.05, 3.63) is 0 Å². The number of aliphatic carboxylic acids is 1. The van der Waals surface area contributed by atoms with Gasteiger partial charge in [0.25, 0.3) is 0 Å². The fourth-order valence-corrected chi connectivity index (χ4v) is 7.67. The molecule has 230 valence electrons. The average Bonchev–Trinajstić information content (AvgIpc) is 3.22. The summed E-state index contributed by atoms with van der Waals surface area (Å²) in [5.41, 5.74) is 0.252. The molecule has 0 aromatic heterocycles. The Morgan fingerprint density at radius 3 is 2.30 bits per heavy atom. The minimum atomic E-state index is -0.727. The van der Waals surface area contributed by atoms with Gasteiger partial charge in [-0.05, 0) is 94.8 Å². The molecule has 0 spiro atoms. The Labute approximate surface area is 242 Å². The standard InChI is InChI=1S/C33H56O7/c1-2-3-19-33(20-12-21-33)29(40-32-16-9-11-23-38-32)18-17-26-25(13-6-4-5-7-14-30(35)36)27(34)24-28(26)39-31-15-8-10-22-37-31/h25-26,28-29,31-32H,2-24H2,1H3,(H,35,36)/t25-,26-,28-,29-,31?,32?/m1/s1. The van der Waals surface area contributed by atoms with Crippen LogP contribution < -0.4 is 0 Å². The van der Waals surface area contributed by atoms with E-state index in [1.807, 2.05) is 0 Å². The van der Waals surface area contributed by atoms with Gasteiger partial charge in [0.05, 0.1) is 12.2 Å². The van der Waals surface area contributed by atoms with Gasteiger partial charge >= 0.3 is 5.97 Å². The Balaban J connectivity index is 1.41. The fraction of sp³-hybridized carbons (Fsp3) is 0.939. The lowest BCUT2D eigenvalue weighted by Crippen LogP contribution is -2.46. The molecular weight excluding hydrogens is 508 g/mol. The average molecular weight is 565 g/mol. The number of carbonyl (C=O) groups excluding carboxylic acids is 1. The van der Waals surface area contributed by atoms with E-state index < -0.39 is 5.97 Å². The summed E-state index contributed by atoms with van der Waals surface area (Å²) in [5.74, 6) is -0.172. The SMILES string of the molecule is CCCCC1([C@@H](CC[C@H]2[C@H](OC3CCCCO3)CC(=O)[C@@H]2CCCCCCC(=O)O)OC2CCCCO2)CCC1. The van der Waals surface area contributed by atoms with E-state index in [0.29, 0.717) is 18.6 Å². The van der Waals surface area contributed by atoms with Crippen molar-refractivity contribution in [1.82, 2.24) is 0 Å². The zero-order chi connectivity index (χ0) is 28.2. The Kier molecular flexibility index (Phi) is 13.2. The molecular formula is C33H56O7. The van der Waals surface area contributed by atoms with Gasteiger partial charge in [-0.15, -0.1) is 0 Å². The predicted molar refractivity (Wildman–Crippen MR) is 154 cm³/mol. The first kappa shape index (κ1) is 31.9. The number of Topliss-reactive ketones (excluding diaryl/α,β-unsaturated/α-hetero) is 1. The third-order valence-corrected chi connectivity index (χ3v) is 10.2. The summed E-state index contributed by atoms with van der Waals surface area (Å²) in [5, 5.41) is 8.92. The smallest absolute Gasteiger partial charge is 0.303 e.